The Morgan fingerprint density at radius 3 is 2.00 bits per heavy atom. The second-order valence-electron chi connectivity index (χ2n) is 8.80. The van der Waals surface area contributed by atoms with Gasteiger partial charge in [-0.1, -0.05) is 28.1 Å². The zero-order valence-corrected chi connectivity index (χ0v) is 20.5. The van der Waals surface area contributed by atoms with Crippen LogP contribution in [0.1, 0.15) is 11.1 Å². The molecule has 172 valence electrons. The van der Waals surface area contributed by atoms with Crippen molar-refractivity contribution in [2.45, 2.75) is 0 Å². The SMILES string of the molecule is Cn1cc(C2=C(c3cn(C)c4cc(N5CCOCC5)ccc34)C(=O)NC2=O)c2ccc(Br)cc21. The van der Waals surface area contributed by atoms with Crippen LogP contribution in [-0.4, -0.2) is 47.3 Å². The molecule has 0 spiro atoms. The predicted octanol–water partition coefficient (Wildman–Crippen LogP) is 3.84. The topological polar surface area (TPSA) is 68.5 Å². The molecule has 0 bridgehead atoms. The molecule has 0 aliphatic carbocycles. The first-order valence-electron chi connectivity index (χ1n) is 11.2. The van der Waals surface area contributed by atoms with E-state index in [2.05, 4.69) is 44.3 Å². The van der Waals surface area contributed by atoms with Crippen LogP contribution in [0.3, 0.4) is 0 Å². The van der Waals surface area contributed by atoms with E-state index < -0.39 is 0 Å². The summed E-state index contributed by atoms with van der Waals surface area (Å²) in [6.45, 7) is 3.14. The van der Waals surface area contributed by atoms with Gasteiger partial charge in [-0.3, -0.25) is 14.9 Å². The number of aromatic nitrogens is 2. The van der Waals surface area contributed by atoms with Crippen LogP contribution in [0.15, 0.2) is 53.3 Å². The second-order valence-corrected chi connectivity index (χ2v) is 9.72. The number of aryl methyl sites for hydroxylation is 2. The molecule has 2 aliphatic heterocycles. The third kappa shape index (κ3) is 3.20. The van der Waals surface area contributed by atoms with Gasteiger partial charge in [0.25, 0.3) is 11.8 Å². The summed E-state index contributed by atoms with van der Waals surface area (Å²) in [7, 11) is 3.91. The number of hydrogen-bond acceptors (Lipinski definition) is 4. The molecule has 8 heteroatoms. The second kappa shape index (κ2) is 7.85. The van der Waals surface area contributed by atoms with Crippen molar-refractivity contribution in [1.29, 1.82) is 0 Å². The fraction of sp³-hybridized carbons (Fsp3) is 0.231. The first-order chi connectivity index (χ1) is 16.4. The zero-order chi connectivity index (χ0) is 23.6. The summed E-state index contributed by atoms with van der Waals surface area (Å²) in [6.07, 6.45) is 3.87. The van der Waals surface area contributed by atoms with E-state index in [-0.39, 0.29) is 11.8 Å². The standard InChI is InChI=1S/C26H23BrN4O3/c1-29-13-19(17-5-3-15(27)11-21(17)29)23-24(26(33)28-25(23)32)20-14-30(2)22-12-16(4-6-18(20)22)31-7-9-34-10-8-31/h3-6,11-14H,7-10H2,1-2H3,(H,28,32,33). The van der Waals surface area contributed by atoms with Gasteiger partial charge < -0.3 is 18.8 Å². The first kappa shape index (κ1) is 21.2. The van der Waals surface area contributed by atoms with Gasteiger partial charge in [-0.25, -0.2) is 0 Å². The number of carbonyl (C=O) groups excluding carboxylic acids is 2. The number of rotatable bonds is 3. The Balaban J connectivity index is 1.55. The minimum absolute atomic E-state index is 0.362. The van der Waals surface area contributed by atoms with Gasteiger partial charge in [0, 0.05) is 77.2 Å². The van der Waals surface area contributed by atoms with Crippen LogP contribution in [0, 0.1) is 0 Å². The van der Waals surface area contributed by atoms with Crippen molar-refractivity contribution in [2.75, 3.05) is 31.2 Å². The number of halogens is 1. The Labute approximate surface area is 204 Å². The Morgan fingerprint density at radius 1 is 0.824 bits per heavy atom. The molecule has 2 amide bonds. The van der Waals surface area contributed by atoms with E-state index in [4.69, 9.17) is 4.74 Å². The van der Waals surface area contributed by atoms with E-state index in [0.29, 0.717) is 11.1 Å². The zero-order valence-electron chi connectivity index (χ0n) is 18.9. The number of fused-ring (bicyclic) bond motifs is 2. The van der Waals surface area contributed by atoms with Crippen molar-refractivity contribution in [2.24, 2.45) is 14.1 Å². The highest BCUT2D eigenvalue weighted by molar-refractivity contribution is 9.10. The summed E-state index contributed by atoms with van der Waals surface area (Å²) < 4.78 is 10.4. The lowest BCUT2D eigenvalue weighted by Gasteiger charge is -2.29. The van der Waals surface area contributed by atoms with E-state index in [1.807, 2.05) is 53.8 Å². The molecule has 7 nitrogen and oxygen atoms in total. The number of amides is 2. The fourth-order valence-electron chi connectivity index (χ4n) is 5.12. The fourth-order valence-corrected chi connectivity index (χ4v) is 5.46. The molecular weight excluding hydrogens is 496 g/mol. The summed E-state index contributed by atoms with van der Waals surface area (Å²) in [5, 5.41) is 4.41. The molecule has 2 aromatic carbocycles. The first-order valence-corrected chi connectivity index (χ1v) is 12.0. The van der Waals surface area contributed by atoms with Gasteiger partial charge in [-0.15, -0.1) is 0 Å². The quantitative estimate of drug-likeness (QED) is 0.418. The normalized spacial score (nSPS) is 16.9. The Bertz CT molecular complexity index is 1540. The van der Waals surface area contributed by atoms with E-state index in [9.17, 15) is 9.59 Å². The van der Waals surface area contributed by atoms with Gasteiger partial charge in [0.2, 0.25) is 0 Å². The number of hydrogen-bond donors (Lipinski definition) is 1. The Hall–Kier alpha value is -3.36. The average molecular weight is 519 g/mol. The summed E-state index contributed by atoms with van der Waals surface area (Å²) in [6, 6.07) is 12.2. The van der Waals surface area contributed by atoms with Gasteiger partial charge >= 0.3 is 0 Å². The van der Waals surface area contributed by atoms with Crippen LogP contribution in [0.2, 0.25) is 0 Å². The van der Waals surface area contributed by atoms with Gasteiger partial charge in [-0.2, -0.15) is 0 Å². The molecule has 6 rings (SSSR count). The van der Waals surface area contributed by atoms with Gasteiger partial charge in [0.15, 0.2) is 0 Å². The van der Waals surface area contributed by atoms with Crippen molar-refractivity contribution in [3.05, 3.63) is 64.4 Å². The molecule has 0 saturated carbocycles. The largest absolute Gasteiger partial charge is 0.378 e. The molecule has 1 fully saturated rings. The number of carbonyl (C=O) groups is 2. The summed E-state index contributed by atoms with van der Waals surface area (Å²) >= 11 is 3.52. The lowest BCUT2D eigenvalue weighted by atomic mass is 9.95. The van der Waals surface area contributed by atoms with Crippen LogP contribution >= 0.6 is 15.9 Å². The number of imide groups is 1. The van der Waals surface area contributed by atoms with Crippen LogP contribution in [-0.2, 0) is 28.4 Å². The van der Waals surface area contributed by atoms with E-state index in [0.717, 1.165) is 69.4 Å². The molecule has 2 aliphatic rings. The maximum absolute atomic E-state index is 13.1. The maximum Gasteiger partial charge on any atom is 0.259 e. The molecule has 0 radical (unpaired) electrons. The number of anilines is 1. The number of nitrogens with zero attached hydrogens (tertiary/aromatic N) is 3. The van der Waals surface area contributed by atoms with Crippen molar-refractivity contribution in [3.63, 3.8) is 0 Å². The molecule has 1 N–H and O–H groups in total. The van der Waals surface area contributed by atoms with Crippen molar-refractivity contribution >= 4 is 66.4 Å². The number of nitrogens with one attached hydrogen (secondary N) is 1. The molecule has 0 unspecified atom stereocenters. The van der Waals surface area contributed by atoms with Crippen LogP contribution < -0.4 is 10.2 Å². The lowest BCUT2D eigenvalue weighted by Crippen LogP contribution is -2.36. The number of morpholine rings is 1. The Kier molecular flexibility index (Phi) is 4.89. The molecule has 4 aromatic rings. The third-order valence-corrected chi connectivity index (χ3v) is 7.27. The van der Waals surface area contributed by atoms with Crippen LogP contribution in [0.4, 0.5) is 5.69 Å². The van der Waals surface area contributed by atoms with Gasteiger partial charge in [0.1, 0.15) is 0 Å². The molecule has 0 atom stereocenters. The molecular formula is C26H23BrN4O3. The lowest BCUT2D eigenvalue weighted by molar-refractivity contribution is -0.122. The van der Waals surface area contributed by atoms with E-state index in [1.165, 1.54) is 0 Å². The molecule has 4 heterocycles. The highest BCUT2D eigenvalue weighted by Crippen LogP contribution is 2.39. The minimum atomic E-state index is -0.364. The van der Waals surface area contributed by atoms with Gasteiger partial charge in [-0.05, 0) is 24.3 Å². The van der Waals surface area contributed by atoms with Gasteiger partial charge in [0.05, 0.1) is 29.9 Å². The predicted molar refractivity (Wildman–Crippen MR) is 137 cm³/mol. The maximum atomic E-state index is 13.1. The Morgan fingerprint density at radius 2 is 1.38 bits per heavy atom. The minimum Gasteiger partial charge on any atom is -0.378 e. The van der Waals surface area contributed by atoms with Crippen molar-refractivity contribution in [1.82, 2.24) is 14.5 Å². The summed E-state index contributed by atoms with van der Waals surface area (Å²) in [4.78, 5) is 28.5. The van der Waals surface area contributed by atoms with Crippen molar-refractivity contribution in [3.8, 4) is 0 Å². The summed E-state index contributed by atoms with van der Waals surface area (Å²) in [5.74, 6) is -0.726. The van der Waals surface area contributed by atoms with Crippen LogP contribution in [0.25, 0.3) is 33.0 Å². The monoisotopic (exact) mass is 518 g/mol. The third-order valence-electron chi connectivity index (χ3n) is 6.77. The smallest absolute Gasteiger partial charge is 0.259 e. The summed E-state index contributed by atoms with van der Waals surface area (Å²) in [5.41, 5.74) is 5.48. The average Bonchev–Trinajstić information content (AvgIpc) is 3.44. The molecule has 34 heavy (non-hydrogen) atoms. The van der Waals surface area contributed by atoms with E-state index in [1.54, 1.807) is 0 Å². The van der Waals surface area contributed by atoms with Crippen molar-refractivity contribution < 1.29 is 14.3 Å². The number of benzene rings is 2. The highest BCUT2D eigenvalue weighted by atomic mass is 79.9. The van der Waals surface area contributed by atoms with E-state index >= 15 is 0 Å². The number of ether oxygens (including phenoxy) is 1. The highest BCUT2D eigenvalue weighted by Gasteiger charge is 2.35. The molecule has 2 aromatic heterocycles. The molecule has 1 saturated heterocycles. The van der Waals surface area contributed by atoms with Crippen LogP contribution in [0.5, 0.6) is 0 Å².